The summed E-state index contributed by atoms with van der Waals surface area (Å²) >= 11 is 0. The highest BCUT2D eigenvalue weighted by molar-refractivity contribution is 6.10. The van der Waals surface area contributed by atoms with Crippen molar-refractivity contribution in [1.82, 2.24) is 15.3 Å². The molecule has 0 atom stereocenters. The number of rotatable bonds is 2. The summed E-state index contributed by atoms with van der Waals surface area (Å²) in [7, 11) is 0. The lowest BCUT2D eigenvalue weighted by Crippen LogP contribution is -2.49. The number of nitrogens with one attached hydrogen (secondary N) is 1. The van der Waals surface area contributed by atoms with Gasteiger partial charge in [-0.05, 0) is 6.07 Å². The van der Waals surface area contributed by atoms with E-state index in [0.29, 0.717) is 22.9 Å². The molecule has 7 heteroatoms. The van der Waals surface area contributed by atoms with Crippen LogP contribution in [-0.4, -0.2) is 34.7 Å². The van der Waals surface area contributed by atoms with Crippen molar-refractivity contribution in [2.75, 3.05) is 11.4 Å². The normalized spacial score (nSPS) is 15.3. The van der Waals surface area contributed by atoms with Crippen molar-refractivity contribution in [1.29, 1.82) is 0 Å². The zero-order valence-corrected chi connectivity index (χ0v) is 10.4. The van der Waals surface area contributed by atoms with Crippen LogP contribution in [0.1, 0.15) is 16.9 Å². The first-order valence-corrected chi connectivity index (χ1v) is 6.01. The van der Waals surface area contributed by atoms with E-state index in [4.69, 9.17) is 0 Å². The van der Waals surface area contributed by atoms with Crippen molar-refractivity contribution >= 4 is 34.8 Å². The quantitative estimate of drug-likeness (QED) is 0.818. The van der Waals surface area contributed by atoms with Gasteiger partial charge in [-0.25, -0.2) is 14.8 Å². The van der Waals surface area contributed by atoms with Gasteiger partial charge in [0.15, 0.2) is 6.29 Å². The molecule has 1 saturated heterocycles. The standard InChI is InChI=1S/C13H10N4O3/c18-6-9-8-2-1-3-10(12(8)15-7-14-9)17-5-4-11(19)16-13(17)20/h1-3,6-7H,4-5H2,(H,16,19,20). The molecule has 0 aliphatic carbocycles. The highest BCUT2D eigenvalue weighted by atomic mass is 16.2. The molecule has 1 aromatic heterocycles. The molecule has 7 nitrogen and oxygen atoms in total. The Kier molecular flexibility index (Phi) is 2.86. The highest BCUT2D eigenvalue weighted by Gasteiger charge is 2.26. The number of carbonyl (C=O) groups excluding carboxylic acids is 3. The molecule has 0 spiro atoms. The van der Waals surface area contributed by atoms with Crippen LogP contribution >= 0.6 is 0 Å². The van der Waals surface area contributed by atoms with Crippen LogP contribution in [0, 0.1) is 0 Å². The zero-order chi connectivity index (χ0) is 14.1. The molecular formula is C13H10N4O3. The smallest absolute Gasteiger partial charge is 0.296 e. The van der Waals surface area contributed by atoms with Crippen molar-refractivity contribution in [2.24, 2.45) is 0 Å². The Hall–Kier alpha value is -2.83. The van der Waals surface area contributed by atoms with Crippen molar-refractivity contribution < 1.29 is 14.4 Å². The average molecular weight is 270 g/mol. The minimum atomic E-state index is -0.486. The Bertz CT molecular complexity index is 729. The van der Waals surface area contributed by atoms with E-state index in [1.807, 2.05) is 0 Å². The fourth-order valence-corrected chi connectivity index (χ4v) is 2.20. The number of benzene rings is 1. The minimum Gasteiger partial charge on any atom is -0.296 e. The molecule has 1 aliphatic rings. The van der Waals surface area contributed by atoms with Gasteiger partial charge in [-0.2, -0.15) is 0 Å². The summed E-state index contributed by atoms with van der Waals surface area (Å²) in [5, 5.41) is 2.83. The molecule has 1 N–H and O–H groups in total. The Balaban J connectivity index is 2.15. The number of aromatic nitrogens is 2. The fraction of sp³-hybridized carbons (Fsp3) is 0.154. The summed E-state index contributed by atoms with van der Waals surface area (Å²) in [5.41, 5.74) is 1.33. The highest BCUT2D eigenvalue weighted by Crippen LogP contribution is 2.26. The Morgan fingerprint density at radius 2 is 2.10 bits per heavy atom. The Morgan fingerprint density at radius 3 is 2.85 bits per heavy atom. The maximum Gasteiger partial charge on any atom is 0.328 e. The van der Waals surface area contributed by atoms with E-state index in [2.05, 4.69) is 15.3 Å². The van der Waals surface area contributed by atoms with Crippen LogP contribution in [0.25, 0.3) is 10.9 Å². The summed E-state index contributed by atoms with van der Waals surface area (Å²) in [6, 6.07) is 4.67. The molecule has 100 valence electrons. The van der Waals surface area contributed by atoms with Gasteiger partial charge in [-0.15, -0.1) is 0 Å². The number of hydrogen-bond donors (Lipinski definition) is 1. The van der Waals surface area contributed by atoms with Crippen LogP contribution in [0.4, 0.5) is 10.5 Å². The SMILES string of the molecule is O=Cc1ncnc2c(N3CCC(=O)NC3=O)cccc12. The van der Waals surface area contributed by atoms with E-state index in [-0.39, 0.29) is 24.6 Å². The van der Waals surface area contributed by atoms with Crippen LogP contribution in [-0.2, 0) is 4.79 Å². The number of para-hydroxylation sites is 1. The van der Waals surface area contributed by atoms with E-state index >= 15 is 0 Å². The number of urea groups is 1. The van der Waals surface area contributed by atoms with Gasteiger partial charge in [0.1, 0.15) is 12.0 Å². The second-order valence-corrected chi connectivity index (χ2v) is 4.31. The molecule has 3 rings (SSSR count). The maximum absolute atomic E-state index is 11.9. The van der Waals surface area contributed by atoms with Crippen molar-refractivity contribution in [3.8, 4) is 0 Å². The molecule has 2 heterocycles. The van der Waals surface area contributed by atoms with Gasteiger partial charge in [0.05, 0.1) is 11.2 Å². The van der Waals surface area contributed by atoms with E-state index in [1.54, 1.807) is 18.2 Å². The summed E-state index contributed by atoms with van der Waals surface area (Å²) in [6.45, 7) is 0.282. The van der Waals surface area contributed by atoms with E-state index in [1.165, 1.54) is 11.2 Å². The first-order valence-electron chi connectivity index (χ1n) is 6.01. The number of hydrogen-bond acceptors (Lipinski definition) is 5. The summed E-state index contributed by atoms with van der Waals surface area (Å²) in [6.07, 6.45) is 2.16. The number of anilines is 1. The molecule has 1 fully saturated rings. The molecule has 0 bridgehead atoms. The van der Waals surface area contributed by atoms with E-state index in [0.717, 1.165) is 0 Å². The topological polar surface area (TPSA) is 92.3 Å². The van der Waals surface area contributed by atoms with Crippen LogP contribution < -0.4 is 10.2 Å². The van der Waals surface area contributed by atoms with E-state index < -0.39 is 6.03 Å². The minimum absolute atomic E-state index is 0.230. The molecule has 3 amide bonds. The van der Waals surface area contributed by atoms with Crippen LogP contribution in [0.5, 0.6) is 0 Å². The monoisotopic (exact) mass is 270 g/mol. The lowest BCUT2D eigenvalue weighted by Gasteiger charge is -2.27. The number of imide groups is 1. The molecule has 1 aromatic carbocycles. The third kappa shape index (κ3) is 1.89. The number of nitrogens with zero attached hydrogens (tertiary/aromatic N) is 3. The van der Waals surface area contributed by atoms with Gasteiger partial charge in [-0.1, -0.05) is 12.1 Å². The Labute approximate surface area is 113 Å². The van der Waals surface area contributed by atoms with Crippen LogP contribution in [0.2, 0.25) is 0 Å². The van der Waals surface area contributed by atoms with Gasteiger partial charge in [-0.3, -0.25) is 19.8 Å². The molecule has 20 heavy (non-hydrogen) atoms. The predicted octanol–water partition coefficient (Wildman–Crippen LogP) is 0.889. The number of aldehydes is 1. The van der Waals surface area contributed by atoms with Crippen LogP contribution in [0.3, 0.4) is 0 Å². The van der Waals surface area contributed by atoms with Gasteiger partial charge >= 0.3 is 6.03 Å². The van der Waals surface area contributed by atoms with Gasteiger partial charge in [0.25, 0.3) is 0 Å². The molecule has 0 radical (unpaired) electrons. The van der Waals surface area contributed by atoms with E-state index in [9.17, 15) is 14.4 Å². The molecule has 0 saturated carbocycles. The molecule has 2 aromatic rings. The molecule has 0 unspecified atom stereocenters. The van der Waals surface area contributed by atoms with Gasteiger partial charge < -0.3 is 0 Å². The van der Waals surface area contributed by atoms with Crippen molar-refractivity contribution in [2.45, 2.75) is 6.42 Å². The first-order chi connectivity index (χ1) is 9.70. The lowest BCUT2D eigenvalue weighted by atomic mass is 10.1. The number of carbonyl (C=O) groups is 3. The third-order valence-electron chi connectivity index (χ3n) is 3.13. The first kappa shape index (κ1) is 12.2. The van der Waals surface area contributed by atoms with Gasteiger partial charge in [0, 0.05) is 18.4 Å². The number of amides is 3. The summed E-state index contributed by atoms with van der Waals surface area (Å²) in [5.74, 6) is -0.297. The summed E-state index contributed by atoms with van der Waals surface area (Å²) in [4.78, 5) is 43.5. The predicted molar refractivity (Wildman–Crippen MR) is 70.4 cm³/mol. The largest absolute Gasteiger partial charge is 0.328 e. The van der Waals surface area contributed by atoms with Crippen LogP contribution in [0.15, 0.2) is 24.5 Å². The van der Waals surface area contributed by atoms with Crippen molar-refractivity contribution in [3.05, 3.63) is 30.2 Å². The fourth-order valence-electron chi connectivity index (χ4n) is 2.20. The number of fused-ring (bicyclic) bond motifs is 1. The third-order valence-corrected chi connectivity index (χ3v) is 3.13. The second-order valence-electron chi connectivity index (χ2n) is 4.31. The van der Waals surface area contributed by atoms with Gasteiger partial charge in [0.2, 0.25) is 5.91 Å². The Morgan fingerprint density at radius 1 is 1.25 bits per heavy atom. The summed E-state index contributed by atoms with van der Waals surface area (Å²) < 4.78 is 0. The van der Waals surface area contributed by atoms with Crippen molar-refractivity contribution in [3.63, 3.8) is 0 Å². The zero-order valence-electron chi connectivity index (χ0n) is 10.4. The molecule has 1 aliphatic heterocycles. The maximum atomic E-state index is 11.9. The second kappa shape index (κ2) is 4.69. The molecular weight excluding hydrogens is 260 g/mol. The average Bonchev–Trinajstić information content (AvgIpc) is 2.46. The lowest BCUT2D eigenvalue weighted by molar-refractivity contribution is -0.120.